The van der Waals surface area contributed by atoms with Crippen LogP contribution >= 0.6 is 0 Å². The third-order valence-electron chi connectivity index (χ3n) is 4.48. The molecule has 1 aliphatic carbocycles. The highest BCUT2D eigenvalue weighted by Gasteiger charge is 2.28. The monoisotopic (exact) mass is 362 g/mol. The molecular weight excluding hydrogens is 332 g/mol. The number of rotatable bonds is 4. The average molecular weight is 362 g/mol. The fraction of sp³-hybridized carbons (Fsp3) is 0.600. The molecule has 0 unspecified atom stereocenters. The summed E-state index contributed by atoms with van der Waals surface area (Å²) in [6.45, 7) is 7.47. The molecule has 0 atom stereocenters. The number of nitrogens with one attached hydrogen (secondary N) is 2. The maximum Gasteiger partial charge on any atom is 0.407 e. The van der Waals surface area contributed by atoms with Crippen molar-refractivity contribution >= 4 is 17.7 Å². The van der Waals surface area contributed by atoms with Crippen LogP contribution in [0.25, 0.3) is 0 Å². The van der Waals surface area contributed by atoms with Gasteiger partial charge in [-0.25, -0.2) is 4.79 Å². The molecule has 1 aromatic rings. The van der Waals surface area contributed by atoms with E-state index in [-0.39, 0.29) is 24.0 Å². The van der Waals surface area contributed by atoms with Crippen molar-refractivity contribution in [2.75, 3.05) is 12.4 Å². The summed E-state index contributed by atoms with van der Waals surface area (Å²) >= 11 is 0. The van der Waals surface area contributed by atoms with Gasteiger partial charge in [0.2, 0.25) is 5.91 Å². The molecule has 1 saturated carbocycles. The largest absolute Gasteiger partial charge is 0.496 e. The van der Waals surface area contributed by atoms with E-state index in [0.717, 1.165) is 42.7 Å². The molecule has 2 amide bonds. The standard InChI is InChI=1S/C20H30N2O4/c1-13-12-16(10-11-17(13)25-5)21-18(23)14-6-8-15(9-7-14)22-19(24)26-20(2,3)4/h10-12,14-15H,6-9H2,1-5H3,(H,21,23)(H,22,24). The van der Waals surface area contributed by atoms with E-state index in [9.17, 15) is 9.59 Å². The minimum Gasteiger partial charge on any atom is -0.496 e. The van der Waals surface area contributed by atoms with Gasteiger partial charge in [-0.3, -0.25) is 4.79 Å². The van der Waals surface area contributed by atoms with Gasteiger partial charge in [0, 0.05) is 17.6 Å². The van der Waals surface area contributed by atoms with Gasteiger partial charge in [-0.2, -0.15) is 0 Å². The van der Waals surface area contributed by atoms with E-state index in [1.54, 1.807) is 7.11 Å². The number of ether oxygens (including phenoxy) is 2. The molecule has 1 aliphatic rings. The molecule has 2 rings (SSSR count). The van der Waals surface area contributed by atoms with Crippen LogP contribution in [0.15, 0.2) is 18.2 Å². The van der Waals surface area contributed by atoms with Crippen LogP contribution in [0.4, 0.5) is 10.5 Å². The second kappa shape index (κ2) is 8.43. The normalized spacial score (nSPS) is 20.2. The molecule has 0 aromatic heterocycles. The lowest BCUT2D eigenvalue weighted by atomic mass is 9.85. The molecule has 0 aliphatic heterocycles. The number of amides is 2. The van der Waals surface area contributed by atoms with Crippen molar-refractivity contribution < 1.29 is 19.1 Å². The van der Waals surface area contributed by atoms with Crippen LogP contribution in [0, 0.1) is 12.8 Å². The molecule has 6 heteroatoms. The molecule has 1 fully saturated rings. The molecule has 2 N–H and O–H groups in total. The summed E-state index contributed by atoms with van der Waals surface area (Å²) in [5, 5.41) is 5.88. The Morgan fingerprint density at radius 1 is 1.12 bits per heavy atom. The van der Waals surface area contributed by atoms with Crippen LogP contribution in [-0.4, -0.2) is 30.8 Å². The Labute approximate surface area is 155 Å². The predicted molar refractivity (Wildman–Crippen MR) is 101 cm³/mol. The zero-order valence-electron chi connectivity index (χ0n) is 16.3. The van der Waals surface area contributed by atoms with Crippen LogP contribution in [0.1, 0.15) is 52.0 Å². The lowest BCUT2D eigenvalue weighted by Gasteiger charge is -2.29. The molecule has 0 heterocycles. The van der Waals surface area contributed by atoms with E-state index in [2.05, 4.69) is 10.6 Å². The number of anilines is 1. The Hall–Kier alpha value is -2.24. The first kappa shape index (κ1) is 20.1. The lowest BCUT2D eigenvalue weighted by Crippen LogP contribution is -2.42. The van der Waals surface area contributed by atoms with Gasteiger partial charge in [0.25, 0.3) is 0 Å². The summed E-state index contributed by atoms with van der Waals surface area (Å²) in [4.78, 5) is 24.3. The highest BCUT2D eigenvalue weighted by Crippen LogP contribution is 2.27. The van der Waals surface area contributed by atoms with Crippen LogP contribution in [0.5, 0.6) is 5.75 Å². The van der Waals surface area contributed by atoms with Crippen LogP contribution in [0.3, 0.4) is 0 Å². The first-order chi connectivity index (χ1) is 12.2. The maximum absolute atomic E-state index is 12.5. The smallest absolute Gasteiger partial charge is 0.407 e. The van der Waals surface area contributed by atoms with Crippen molar-refractivity contribution in [1.29, 1.82) is 0 Å². The highest BCUT2D eigenvalue weighted by molar-refractivity contribution is 5.92. The number of hydrogen-bond acceptors (Lipinski definition) is 4. The number of benzene rings is 1. The molecule has 0 spiro atoms. The van der Waals surface area contributed by atoms with Crippen molar-refractivity contribution in [2.45, 2.75) is 65.0 Å². The van der Waals surface area contributed by atoms with Crippen molar-refractivity contribution in [2.24, 2.45) is 5.92 Å². The van der Waals surface area contributed by atoms with Gasteiger partial charge in [0.1, 0.15) is 11.4 Å². The summed E-state index contributed by atoms with van der Waals surface area (Å²) in [6, 6.07) is 5.68. The van der Waals surface area contributed by atoms with Crippen molar-refractivity contribution in [3.63, 3.8) is 0 Å². The summed E-state index contributed by atoms with van der Waals surface area (Å²) in [5.41, 5.74) is 1.26. The minimum atomic E-state index is -0.502. The quantitative estimate of drug-likeness (QED) is 0.848. The fourth-order valence-electron chi connectivity index (χ4n) is 3.17. The SMILES string of the molecule is COc1ccc(NC(=O)C2CCC(NC(=O)OC(C)(C)C)CC2)cc1C. The van der Waals surface area contributed by atoms with E-state index in [0.29, 0.717) is 0 Å². The molecule has 1 aromatic carbocycles. The van der Waals surface area contributed by atoms with Gasteiger partial charge in [0.15, 0.2) is 0 Å². The highest BCUT2D eigenvalue weighted by atomic mass is 16.6. The van der Waals surface area contributed by atoms with E-state index in [1.165, 1.54) is 0 Å². The molecule has 26 heavy (non-hydrogen) atoms. The van der Waals surface area contributed by atoms with Gasteiger partial charge in [-0.05, 0) is 77.1 Å². The zero-order chi connectivity index (χ0) is 19.3. The molecule has 0 saturated heterocycles. The number of aryl methyl sites for hydroxylation is 1. The number of methoxy groups -OCH3 is 1. The first-order valence-electron chi connectivity index (χ1n) is 9.13. The van der Waals surface area contributed by atoms with Crippen LogP contribution < -0.4 is 15.4 Å². The number of carbonyl (C=O) groups is 2. The van der Waals surface area contributed by atoms with Gasteiger partial charge < -0.3 is 20.1 Å². The lowest BCUT2D eigenvalue weighted by molar-refractivity contribution is -0.120. The second-order valence-corrected chi connectivity index (χ2v) is 7.87. The van der Waals surface area contributed by atoms with Gasteiger partial charge >= 0.3 is 6.09 Å². The Morgan fingerprint density at radius 2 is 1.77 bits per heavy atom. The van der Waals surface area contributed by atoms with Gasteiger partial charge in [-0.15, -0.1) is 0 Å². The van der Waals surface area contributed by atoms with Crippen molar-refractivity contribution in [3.05, 3.63) is 23.8 Å². The number of alkyl carbamates (subject to hydrolysis) is 1. The topological polar surface area (TPSA) is 76.7 Å². The number of carbonyl (C=O) groups excluding carboxylic acids is 2. The first-order valence-corrected chi connectivity index (χ1v) is 9.13. The zero-order valence-corrected chi connectivity index (χ0v) is 16.3. The third kappa shape index (κ3) is 5.93. The average Bonchev–Trinajstić information content (AvgIpc) is 2.53. The van der Waals surface area contributed by atoms with Gasteiger partial charge in [-0.1, -0.05) is 0 Å². The third-order valence-corrected chi connectivity index (χ3v) is 4.48. The van der Waals surface area contributed by atoms with E-state index in [4.69, 9.17) is 9.47 Å². The minimum absolute atomic E-state index is 0.0327. The molecule has 0 bridgehead atoms. The molecule has 0 radical (unpaired) electrons. The van der Waals surface area contributed by atoms with Crippen molar-refractivity contribution in [3.8, 4) is 5.75 Å². The van der Waals surface area contributed by atoms with Gasteiger partial charge in [0.05, 0.1) is 7.11 Å². The fourth-order valence-corrected chi connectivity index (χ4v) is 3.17. The summed E-state index contributed by atoms with van der Waals surface area (Å²) in [5.74, 6) is 0.802. The Bertz CT molecular complexity index is 644. The second-order valence-electron chi connectivity index (χ2n) is 7.87. The van der Waals surface area contributed by atoms with E-state index < -0.39 is 5.60 Å². The van der Waals surface area contributed by atoms with E-state index in [1.807, 2.05) is 45.9 Å². The predicted octanol–water partition coefficient (Wildman–Crippen LogP) is 4.03. The van der Waals surface area contributed by atoms with Crippen LogP contribution in [-0.2, 0) is 9.53 Å². The summed E-state index contributed by atoms with van der Waals surface area (Å²) in [6.07, 6.45) is 2.67. The number of hydrogen-bond donors (Lipinski definition) is 2. The van der Waals surface area contributed by atoms with E-state index >= 15 is 0 Å². The molecule has 144 valence electrons. The maximum atomic E-state index is 12.5. The Kier molecular flexibility index (Phi) is 6.51. The summed E-state index contributed by atoms with van der Waals surface area (Å²) in [7, 11) is 1.63. The molecule has 6 nitrogen and oxygen atoms in total. The van der Waals surface area contributed by atoms with Crippen LogP contribution in [0.2, 0.25) is 0 Å². The Balaban J connectivity index is 1.81. The molecular formula is C20H30N2O4. The Morgan fingerprint density at radius 3 is 2.31 bits per heavy atom. The van der Waals surface area contributed by atoms with Crippen molar-refractivity contribution in [1.82, 2.24) is 5.32 Å². The summed E-state index contributed by atoms with van der Waals surface area (Å²) < 4.78 is 10.5.